The van der Waals surface area contributed by atoms with E-state index in [0.717, 1.165) is 12.8 Å². The molecule has 0 amide bonds. The van der Waals surface area contributed by atoms with Crippen LogP contribution in [0.5, 0.6) is 5.75 Å². The van der Waals surface area contributed by atoms with Crippen LogP contribution in [0.3, 0.4) is 0 Å². The number of nitro groups is 1. The maximum atomic E-state index is 11.0. The molecule has 0 heterocycles. The van der Waals surface area contributed by atoms with Crippen molar-refractivity contribution in [1.29, 1.82) is 0 Å². The smallest absolute Gasteiger partial charge is 0.344 e. The van der Waals surface area contributed by atoms with Gasteiger partial charge in [-0.05, 0) is 25.0 Å². The minimum atomic E-state index is -1.03. The molecule has 1 aromatic carbocycles. The average Bonchev–Trinajstić information content (AvgIpc) is 2.34. The van der Waals surface area contributed by atoms with Crippen molar-refractivity contribution in [1.82, 2.24) is 0 Å². The van der Waals surface area contributed by atoms with Gasteiger partial charge < -0.3 is 9.84 Å². The molecule has 0 fully saturated rings. The van der Waals surface area contributed by atoms with Crippen molar-refractivity contribution in [3.8, 4) is 5.75 Å². The maximum absolute atomic E-state index is 11.0. The fraction of sp³-hybridized carbons (Fsp3) is 0.417. The Hall–Kier alpha value is -2.11. The van der Waals surface area contributed by atoms with E-state index in [1.807, 2.05) is 6.92 Å². The summed E-state index contributed by atoms with van der Waals surface area (Å²) in [6.45, 7) is 1.96. The molecule has 1 N–H and O–H groups in total. The number of nitrogens with zero attached hydrogens (tertiary/aromatic N) is 1. The van der Waals surface area contributed by atoms with Crippen molar-refractivity contribution >= 4 is 11.7 Å². The molecule has 1 unspecified atom stereocenters. The van der Waals surface area contributed by atoms with Gasteiger partial charge in [0.2, 0.25) is 0 Å². The van der Waals surface area contributed by atoms with Gasteiger partial charge in [-0.3, -0.25) is 10.1 Å². The van der Waals surface area contributed by atoms with Gasteiger partial charge in [0.1, 0.15) is 5.75 Å². The van der Waals surface area contributed by atoms with Crippen molar-refractivity contribution in [3.05, 3.63) is 34.4 Å². The van der Waals surface area contributed by atoms with Crippen LogP contribution in [-0.2, 0) is 4.79 Å². The van der Waals surface area contributed by atoms with E-state index in [0.29, 0.717) is 12.2 Å². The molecular formula is C12H15NO5. The Morgan fingerprint density at radius 2 is 2.06 bits per heavy atom. The highest BCUT2D eigenvalue weighted by Crippen LogP contribution is 2.19. The molecule has 0 spiro atoms. The summed E-state index contributed by atoms with van der Waals surface area (Å²) >= 11 is 0. The Kier molecular flexibility index (Phi) is 5.10. The number of benzene rings is 1. The molecule has 0 aliphatic heterocycles. The van der Waals surface area contributed by atoms with Crippen LogP contribution in [-0.4, -0.2) is 22.1 Å². The zero-order valence-electron chi connectivity index (χ0n) is 10.0. The topological polar surface area (TPSA) is 89.7 Å². The van der Waals surface area contributed by atoms with Gasteiger partial charge in [0.05, 0.1) is 4.92 Å². The fourth-order valence-corrected chi connectivity index (χ4v) is 1.43. The SMILES string of the molecule is CCCCC(Oc1ccc([N+](=O)[O-])cc1)C(=O)O. The summed E-state index contributed by atoms with van der Waals surface area (Å²) in [7, 11) is 0. The maximum Gasteiger partial charge on any atom is 0.344 e. The van der Waals surface area contributed by atoms with Crippen LogP contribution in [0.15, 0.2) is 24.3 Å². The quantitative estimate of drug-likeness (QED) is 0.595. The van der Waals surface area contributed by atoms with Gasteiger partial charge in [0.25, 0.3) is 5.69 Å². The first kappa shape index (κ1) is 14.0. The predicted octanol–water partition coefficient (Wildman–Crippen LogP) is 2.62. The lowest BCUT2D eigenvalue weighted by molar-refractivity contribution is -0.384. The van der Waals surface area contributed by atoms with E-state index < -0.39 is 17.0 Å². The van der Waals surface area contributed by atoms with E-state index in [2.05, 4.69) is 0 Å². The summed E-state index contributed by atoms with van der Waals surface area (Å²) in [5.74, 6) is -0.703. The number of non-ortho nitro benzene ring substituents is 1. The van der Waals surface area contributed by atoms with Gasteiger partial charge in [-0.2, -0.15) is 0 Å². The number of nitro benzene ring substituents is 1. The van der Waals surface area contributed by atoms with E-state index in [4.69, 9.17) is 9.84 Å². The third-order valence-corrected chi connectivity index (χ3v) is 2.42. The first-order valence-electron chi connectivity index (χ1n) is 5.68. The molecule has 0 aromatic heterocycles. The zero-order chi connectivity index (χ0) is 13.5. The van der Waals surface area contributed by atoms with E-state index in [-0.39, 0.29) is 5.69 Å². The molecular weight excluding hydrogens is 238 g/mol. The molecule has 0 radical (unpaired) electrons. The van der Waals surface area contributed by atoms with Crippen LogP contribution >= 0.6 is 0 Å². The Balaban J connectivity index is 2.68. The summed E-state index contributed by atoms with van der Waals surface area (Å²) < 4.78 is 5.29. The molecule has 6 heteroatoms. The fourth-order valence-electron chi connectivity index (χ4n) is 1.43. The van der Waals surface area contributed by atoms with Crippen molar-refractivity contribution in [2.24, 2.45) is 0 Å². The molecule has 1 rings (SSSR count). The molecule has 98 valence electrons. The number of hydrogen-bond acceptors (Lipinski definition) is 4. The average molecular weight is 253 g/mol. The molecule has 18 heavy (non-hydrogen) atoms. The number of unbranched alkanes of at least 4 members (excludes halogenated alkanes) is 1. The monoisotopic (exact) mass is 253 g/mol. The largest absolute Gasteiger partial charge is 0.479 e. The first-order valence-corrected chi connectivity index (χ1v) is 5.68. The van der Waals surface area contributed by atoms with E-state index >= 15 is 0 Å². The van der Waals surface area contributed by atoms with Crippen LogP contribution in [0.4, 0.5) is 5.69 Å². The molecule has 0 saturated heterocycles. The molecule has 0 aliphatic rings. The number of rotatable bonds is 7. The highest BCUT2D eigenvalue weighted by atomic mass is 16.6. The highest BCUT2D eigenvalue weighted by molar-refractivity contribution is 5.72. The number of carboxylic acids is 1. The van der Waals surface area contributed by atoms with Crippen molar-refractivity contribution in [3.63, 3.8) is 0 Å². The van der Waals surface area contributed by atoms with Crippen LogP contribution in [0.1, 0.15) is 26.2 Å². The van der Waals surface area contributed by atoms with E-state index in [1.165, 1.54) is 24.3 Å². The van der Waals surface area contributed by atoms with E-state index in [1.54, 1.807) is 0 Å². The molecule has 0 saturated carbocycles. The van der Waals surface area contributed by atoms with Crippen molar-refractivity contribution < 1.29 is 19.6 Å². The highest BCUT2D eigenvalue weighted by Gasteiger charge is 2.18. The molecule has 6 nitrogen and oxygen atoms in total. The molecule has 1 aromatic rings. The van der Waals surface area contributed by atoms with Gasteiger partial charge in [-0.1, -0.05) is 13.3 Å². The van der Waals surface area contributed by atoms with Gasteiger partial charge >= 0.3 is 5.97 Å². The second-order valence-corrected chi connectivity index (χ2v) is 3.84. The predicted molar refractivity (Wildman–Crippen MR) is 64.7 cm³/mol. The number of carboxylic acid groups (broad SMARTS) is 1. The Bertz CT molecular complexity index is 415. The Morgan fingerprint density at radius 3 is 2.50 bits per heavy atom. The molecule has 0 bridgehead atoms. The summed E-state index contributed by atoms with van der Waals surface area (Å²) in [6, 6.07) is 5.38. The number of hydrogen-bond donors (Lipinski definition) is 1. The standard InChI is InChI=1S/C12H15NO5/c1-2-3-4-11(12(14)15)18-10-7-5-9(6-8-10)13(16)17/h5-8,11H,2-4H2,1H3,(H,14,15). The summed E-state index contributed by atoms with van der Waals surface area (Å²) in [5, 5.41) is 19.4. The normalized spacial score (nSPS) is 11.8. The van der Waals surface area contributed by atoms with Crippen molar-refractivity contribution in [2.75, 3.05) is 0 Å². The van der Waals surface area contributed by atoms with Crippen LogP contribution in [0.2, 0.25) is 0 Å². The number of aliphatic carboxylic acids is 1. The van der Waals surface area contributed by atoms with Crippen LogP contribution in [0.25, 0.3) is 0 Å². The summed E-state index contributed by atoms with van der Waals surface area (Å²) in [6.07, 6.45) is 1.14. The Morgan fingerprint density at radius 1 is 1.44 bits per heavy atom. The van der Waals surface area contributed by atoms with Crippen LogP contribution < -0.4 is 4.74 Å². The first-order chi connectivity index (χ1) is 8.54. The number of carbonyl (C=O) groups is 1. The van der Waals surface area contributed by atoms with Gasteiger partial charge in [-0.25, -0.2) is 4.79 Å². The van der Waals surface area contributed by atoms with Crippen LogP contribution in [0, 0.1) is 10.1 Å². The van der Waals surface area contributed by atoms with Gasteiger partial charge in [-0.15, -0.1) is 0 Å². The minimum Gasteiger partial charge on any atom is -0.479 e. The van der Waals surface area contributed by atoms with Gasteiger partial charge in [0.15, 0.2) is 6.10 Å². The summed E-state index contributed by atoms with van der Waals surface area (Å²) in [5.41, 5.74) is -0.0530. The lowest BCUT2D eigenvalue weighted by atomic mass is 10.1. The minimum absolute atomic E-state index is 0.0530. The number of ether oxygens (including phenoxy) is 1. The Labute approximate surface area is 104 Å². The summed E-state index contributed by atoms with van der Waals surface area (Å²) in [4.78, 5) is 20.9. The zero-order valence-corrected chi connectivity index (χ0v) is 10.0. The van der Waals surface area contributed by atoms with Gasteiger partial charge in [0, 0.05) is 12.1 Å². The molecule has 0 aliphatic carbocycles. The van der Waals surface area contributed by atoms with E-state index in [9.17, 15) is 14.9 Å². The third kappa shape index (κ3) is 4.04. The second kappa shape index (κ2) is 6.58. The molecule has 1 atom stereocenters. The lowest BCUT2D eigenvalue weighted by Crippen LogP contribution is -2.26. The van der Waals surface area contributed by atoms with Crippen molar-refractivity contribution in [2.45, 2.75) is 32.3 Å². The third-order valence-electron chi connectivity index (χ3n) is 2.42. The second-order valence-electron chi connectivity index (χ2n) is 3.84. The lowest BCUT2D eigenvalue weighted by Gasteiger charge is -2.14.